The maximum absolute atomic E-state index is 13.2. The van der Waals surface area contributed by atoms with Crippen LogP contribution in [0.25, 0.3) is 0 Å². The van der Waals surface area contributed by atoms with E-state index in [-0.39, 0.29) is 11.9 Å². The maximum atomic E-state index is 13.2. The lowest BCUT2D eigenvalue weighted by Crippen LogP contribution is -2.22. The molecule has 1 N–H and O–H groups in total. The summed E-state index contributed by atoms with van der Waals surface area (Å²) in [6, 6.07) is 7.06. The molecular formula is C14H22FNO. The third kappa shape index (κ3) is 5.29. The summed E-state index contributed by atoms with van der Waals surface area (Å²) in [6.07, 6.45) is 3.03. The summed E-state index contributed by atoms with van der Waals surface area (Å²) in [4.78, 5) is 0. The Balaban J connectivity index is 2.60. The molecule has 1 aromatic rings. The highest BCUT2D eigenvalue weighted by molar-refractivity contribution is 5.20. The van der Waals surface area contributed by atoms with Crippen LogP contribution < -0.4 is 5.32 Å². The highest BCUT2D eigenvalue weighted by Crippen LogP contribution is 2.19. The van der Waals surface area contributed by atoms with E-state index >= 15 is 0 Å². The zero-order chi connectivity index (χ0) is 12.5. The van der Waals surface area contributed by atoms with Crippen LogP contribution in [0.1, 0.15) is 37.8 Å². The molecule has 0 saturated carbocycles. The lowest BCUT2D eigenvalue weighted by atomic mass is 10.0. The molecule has 96 valence electrons. The minimum Gasteiger partial charge on any atom is -0.385 e. The summed E-state index contributed by atoms with van der Waals surface area (Å²) in [5.74, 6) is -0.169. The van der Waals surface area contributed by atoms with Gasteiger partial charge in [-0.2, -0.15) is 0 Å². The SMILES string of the molecule is CCCNC(CCCOC)c1cccc(F)c1. The fourth-order valence-electron chi connectivity index (χ4n) is 1.86. The van der Waals surface area contributed by atoms with Gasteiger partial charge in [0.15, 0.2) is 0 Å². The minimum atomic E-state index is -0.169. The first-order valence-corrected chi connectivity index (χ1v) is 6.25. The van der Waals surface area contributed by atoms with Crippen LogP contribution >= 0.6 is 0 Å². The molecule has 0 bridgehead atoms. The summed E-state index contributed by atoms with van der Waals surface area (Å²) >= 11 is 0. The van der Waals surface area contributed by atoms with Gasteiger partial charge in [0.25, 0.3) is 0 Å². The zero-order valence-electron chi connectivity index (χ0n) is 10.7. The fourth-order valence-corrected chi connectivity index (χ4v) is 1.86. The first-order chi connectivity index (χ1) is 8.27. The predicted octanol–water partition coefficient (Wildman–Crippen LogP) is 3.29. The molecule has 0 heterocycles. The van der Waals surface area contributed by atoms with Crippen LogP contribution in [-0.2, 0) is 4.74 Å². The van der Waals surface area contributed by atoms with Crippen molar-refractivity contribution in [3.05, 3.63) is 35.6 Å². The monoisotopic (exact) mass is 239 g/mol. The average Bonchev–Trinajstić information content (AvgIpc) is 2.33. The van der Waals surface area contributed by atoms with Crippen molar-refractivity contribution in [3.8, 4) is 0 Å². The average molecular weight is 239 g/mol. The molecule has 0 fully saturated rings. The second kappa shape index (κ2) is 8.20. The Morgan fingerprint density at radius 1 is 1.41 bits per heavy atom. The molecule has 3 heteroatoms. The Bertz CT molecular complexity index is 317. The topological polar surface area (TPSA) is 21.3 Å². The Hall–Kier alpha value is -0.930. The van der Waals surface area contributed by atoms with Crippen molar-refractivity contribution in [1.29, 1.82) is 0 Å². The number of ether oxygens (including phenoxy) is 1. The van der Waals surface area contributed by atoms with Gasteiger partial charge < -0.3 is 10.1 Å². The van der Waals surface area contributed by atoms with Crippen LogP contribution in [0.3, 0.4) is 0 Å². The van der Waals surface area contributed by atoms with E-state index in [0.717, 1.165) is 38.0 Å². The molecule has 1 aromatic carbocycles. The lowest BCUT2D eigenvalue weighted by Gasteiger charge is -2.19. The van der Waals surface area contributed by atoms with Crippen LogP contribution in [0.15, 0.2) is 24.3 Å². The molecular weight excluding hydrogens is 217 g/mol. The molecule has 1 rings (SSSR count). The minimum absolute atomic E-state index is 0.169. The van der Waals surface area contributed by atoms with Crippen LogP contribution in [0.4, 0.5) is 4.39 Å². The first kappa shape index (κ1) is 14.1. The van der Waals surface area contributed by atoms with Crippen molar-refractivity contribution in [1.82, 2.24) is 5.32 Å². The van der Waals surface area contributed by atoms with Gasteiger partial charge in [-0.05, 0) is 43.5 Å². The van der Waals surface area contributed by atoms with Crippen molar-refractivity contribution in [2.75, 3.05) is 20.3 Å². The van der Waals surface area contributed by atoms with Crippen LogP contribution in [-0.4, -0.2) is 20.3 Å². The summed E-state index contributed by atoms with van der Waals surface area (Å²) < 4.78 is 18.2. The predicted molar refractivity (Wildman–Crippen MR) is 68.5 cm³/mol. The third-order valence-corrected chi connectivity index (χ3v) is 2.73. The highest BCUT2D eigenvalue weighted by atomic mass is 19.1. The van der Waals surface area contributed by atoms with Crippen molar-refractivity contribution in [2.24, 2.45) is 0 Å². The van der Waals surface area contributed by atoms with Gasteiger partial charge in [0.1, 0.15) is 5.82 Å². The largest absolute Gasteiger partial charge is 0.385 e. The lowest BCUT2D eigenvalue weighted by molar-refractivity contribution is 0.188. The molecule has 17 heavy (non-hydrogen) atoms. The number of methoxy groups -OCH3 is 1. The van der Waals surface area contributed by atoms with E-state index in [4.69, 9.17) is 4.74 Å². The van der Waals surface area contributed by atoms with Gasteiger partial charge in [-0.1, -0.05) is 19.1 Å². The Morgan fingerprint density at radius 2 is 2.24 bits per heavy atom. The smallest absolute Gasteiger partial charge is 0.123 e. The van der Waals surface area contributed by atoms with Crippen LogP contribution in [0, 0.1) is 5.82 Å². The Kier molecular flexibility index (Phi) is 6.82. The molecule has 0 radical (unpaired) electrons. The van der Waals surface area contributed by atoms with Gasteiger partial charge >= 0.3 is 0 Å². The first-order valence-electron chi connectivity index (χ1n) is 6.25. The third-order valence-electron chi connectivity index (χ3n) is 2.73. The molecule has 0 saturated heterocycles. The second-order valence-electron chi connectivity index (χ2n) is 4.20. The number of rotatable bonds is 8. The van der Waals surface area contributed by atoms with E-state index in [1.165, 1.54) is 6.07 Å². The molecule has 1 atom stereocenters. The number of nitrogens with one attached hydrogen (secondary N) is 1. The fraction of sp³-hybridized carbons (Fsp3) is 0.571. The van der Waals surface area contributed by atoms with E-state index < -0.39 is 0 Å². The highest BCUT2D eigenvalue weighted by Gasteiger charge is 2.10. The van der Waals surface area contributed by atoms with E-state index in [9.17, 15) is 4.39 Å². The quantitative estimate of drug-likeness (QED) is 0.703. The van der Waals surface area contributed by atoms with E-state index in [2.05, 4.69) is 12.2 Å². The molecule has 0 aliphatic carbocycles. The van der Waals surface area contributed by atoms with E-state index in [0.29, 0.717) is 0 Å². The van der Waals surface area contributed by atoms with Gasteiger partial charge in [-0.3, -0.25) is 0 Å². The molecule has 0 aliphatic rings. The van der Waals surface area contributed by atoms with Gasteiger partial charge in [0.05, 0.1) is 0 Å². The van der Waals surface area contributed by atoms with E-state index in [1.54, 1.807) is 19.2 Å². The van der Waals surface area contributed by atoms with Crippen LogP contribution in [0.5, 0.6) is 0 Å². The number of benzene rings is 1. The van der Waals surface area contributed by atoms with E-state index in [1.807, 2.05) is 6.07 Å². The molecule has 0 aliphatic heterocycles. The second-order valence-corrected chi connectivity index (χ2v) is 4.20. The van der Waals surface area contributed by atoms with Gasteiger partial charge in [0, 0.05) is 19.8 Å². The molecule has 0 amide bonds. The van der Waals surface area contributed by atoms with Crippen LogP contribution in [0.2, 0.25) is 0 Å². The summed E-state index contributed by atoms with van der Waals surface area (Å²) in [5.41, 5.74) is 1.02. The standard InChI is InChI=1S/C14H22FNO/c1-3-9-16-14(8-5-10-17-2)12-6-4-7-13(15)11-12/h4,6-7,11,14,16H,3,5,8-10H2,1-2H3. The molecule has 2 nitrogen and oxygen atoms in total. The summed E-state index contributed by atoms with van der Waals surface area (Å²) in [6.45, 7) is 3.83. The number of hydrogen-bond acceptors (Lipinski definition) is 2. The summed E-state index contributed by atoms with van der Waals surface area (Å²) in [7, 11) is 1.71. The molecule has 0 spiro atoms. The van der Waals surface area contributed by atoms with Crippen molar-refractivity contribution >= 4 is 0 Å². The van der Waals surface area contributed by atoms with Gasteiger partial charge in [-0.25, -0.2) is 4.39 Å². The van der Waals surface area contributed by atoms with Gasteiger partial charge in [0.2, 0.25) is 0 Å². The Labute approximate surface area is 103 Å². The number of halogens is 1. The van der Waals surface area contributed by atoms with Crippen molar-refractivity contribution < 1.29 is 9.13 Å². The van der Waals surface area contributed by atoms with Crippen molar-refractivity contribution in [3.63, 3.8) is 0 Å². The molecule has 1 unspecified atom stereocenters. The Morgan fingerprint density at radius 3 is 2.88 bits per heavy atom. The normalized spacial score (nSPS) is 12.6. The number of hydrogen-bond donors (Lipinski definition) is 1. The zero-order valence-corrected chi connectivity index (χ0v) is 10.7. The molecule has 0 aromatic heterocycles. The summed E-state index contributed by atoms with van der Waals surface area (Å²) in [5, 5.41) is 3.45. The van der Waals surface area contributed by atoms with Gasteiger partial charge in [-0.15, -0.1) is 0 Å². The van der Waals surface area contributed by atoms with Crippen molar-refractivity contribution in [2.45, 2.75) is 32.2 Å². The maximum Gasteiger partial charge on any atom is 0.123 e.